The number of benzene rings is 1. The van der Waals surface area contributed by atoms with Gasteiger partial charge in [0.1, 0.15) is 0 Å². The van der Waals surface area contributed by atoms with Gasteiger partial charge in [0, 0.05) is 12.8 Å². The Morgan fingerprint density at radius 3 is 1.93 bits per heavy atom. The molecule has 29 heavy (non-hydrogen) atoms. The lowest BCUT2D eigenvalue weighted by molar-refractivity contribution is -0.178. The summed E-state index contributed by atoms with van der Waals surface area (Å²) < 4.78 is 41.6. The quantitative estimate of drug-likeness (QED) is 0.464. The highest BCUT2D eigenvalue weighted by atomic mass is 19.2. The number of hydrogen-bond acceptors (Lipinski definition) is 2. The van der Waals surface area contributed by atoms with Crippen LogP contribution in [0.3, 0.4) is 0 Å². The standard InChI is InChI=1S/C25H36F2O2/c1-2-3-4-5-18-6-8-19(9-7-18)21-10-11-22(24(27)23(21)26)20-12-14-25(15-13-20)28-16-17-29-25/h10-11,18-20H,2-9,12-17H2,1H3. The Morgan fingerprint density at radius 2 is 1.38 bits per heavy atom. The van der Waals surface area contributed by atoms with Gasteiger partial charge in [-0.3, -0.25) is 0 Å². The van der Waals surface area contributed by atoms with Crippen LogP contribution in [0.5, 0.6) is 0 Å². The van der Waals surface area contributed by atoms with Crippen LogP contribution in [-0.4, -0.2) is 19.0 Å². The van der Waals surface area contributed by atoms with Crippen LogP contribution >= 0.6 is 0 Å². The van der Waals surface area contributed by atoms with Crippen molar-refractivity contribution in [2.45, 2.75) is 102 Å². The first-order chi connectivity index (χ1) is 14.1. The van der Waals surface area contributed by atoms with Crippen LogP contribution in [0, 0.1) is 17.6 Å². The number of ether oxygens (including phenoxy) is 2. The van der Waals surface area contributed by atoms with Crippen molar-refractivity contribution in [2.75, 3.05) is 13.2 Å². The second kappa shape index (κ2) is 9.43. The average molecular weight is 407 g/mol. The number of unbranched alkanes of at least 4 members (excludes halogenated alkanes) is 2. The molecule has 1 spiro atoms. The van der Waals surface area contributed by atoms with E-state index in [-0.39, 0.29) is 11.8 Å². The highest BCUT2D eigenvalue weighted by Crippen LogP contribution is 2.44. The van der Waals surface area contributed by atoms with Crippen LogP contribution in [0.2, 0.25) is 0 Å². The first kappa shape index (κ1) is 21.2. The van der Waals surface area contributed by atoms with E-state index in [0.717, 1.165) is 57.3 Å². The number of halogens is 2. The molecule has 2 saturated carbocycles. The van der Waals surface area contributed by atoms with E-state index in [4.69, 9.17) is 9.47 Å². The van der Waals surface area contributed by atoms with Gasteiger partial charge in [0.15, 0.2) is 17.4 Å². The van der Waals surface area contributed by atoms with Crippen molar-refractivity contribution < 1.29 is 18.3 Å². The zero-order chi connectivity index (χ0) is 20.3. The fraction of sp³-hybridized carbons (Fsp3) is 0.760. The van der Waals surface area contributed by atoms with Crippen LogP contribution in [-0.2, 0) is 9.47 Å². The third kappa shape index (κ3) is 4.69. The van der Waals surface area contributed by atoms with Gasteiger partial charge in [-0.25, -0.2) is 8.78 Å². The summed E-state index contributed by atoms with van der Waals surface area (Å²) in [6.07, 6.45) is 12.6. The minimum atomic E-state index is -0.609. The second-order valence-corrected chi connectivity index (χ2v) is 9.47. The molecule has 3 aliphatic rings. The molecule has 3 fully saturated rings. The smallest absolute Gasteiger partial charge is 0.168 e. The molecule has 1 saturated heterocycles. The Hall–Kier alpha value is -1.00. The maximum absolute atomic E-state index is 15.0. The summed E-state index contributed by atoms with van der Waals surface area (Å²) in [7, 11) is 0. The van der Waals surface area contributed by atoms with E-state index in [1.54, 1.807) is 0 Å². The van der Waals surface area contributed by atoms with E-state index < -0.39 is 17.4 Å². The summed E-state index contributed by atoms with van der Waals surface area (Å²) in [5, 5.41) is 0. The van der Waals surface area contributed by atoms with Gasteiger partial charge >= 0.3 is 0 Å². The molecule has 0 amide bonds. The predicted molar refractivity (Wildman–Crippen MR) is 111 cm³/mol. The molecular formula is C25H36F2O2. The number of rotatable bonds is 6. The van der Waals surface area contributed by atoms with Crippen molar-refractivity contribution in [3.05, 3.63) is 34.9 Å². The third-order valence-electron chi connectivity index (χ3n) is 7.65. The van der Waals surface area contributed by atoms with Crippen LogP contribution < -0.4 is 0 Å². The van der Waals surface area contributed by atoms with Crippen LogP contribution in [0.4, 0.5) is 8.78 Å². The zero-order valence-corrected chi connectivity index (χ0v) is 17.9. The van der Waals surface area contributed by atoms with Gasteiger partial charge in [0.25, 0.3) is 0 Å². The molecule has 162 valence electrons. The van der Waals surface area contributed by atoms with Gasteiger partial charge in [0.05, 0.1) is 13.2 Å². The van der Waals surface area contributed by atoms with E-state index >= 15 is 8.78 Å². The summed E-state index contributed by atoms with van der Waals surface area (Å²) >= 11 is 0. The molecule has 0 atom stereocenters. The summed E-state index contributed by atoms with van der Waals surface area (Å²) in [5.74, 6) is -0.643. The normalized spacial score (nSPS) is 27.6. The van der Waals surface area contributed by atoms with Crippen molar-refractivity contribution in [1.29, 1.82) is 0 Å². The summed E-state index contributed by atoms with van der Waals surface area (Å²) in [5.41, 5.74) is 1.15. The Kier molecular flexibility index (Phi) is 6.91. The van der Waals surface area contributed by atoms with E-state index in [1.807, 2.05) is 12.1 Å². The molecule has 0 radical (unpaired) electrons. The van der Waals surface area contributed by atoms with Gasteiger partial charge in [-0.15, -0.1) is 0 Å². The Morgan fingerprint density at radius 1 is 0.828 bits per heavy atom. The van der Waals surface area contributed by atoms with Crippen molar-refractivity contribution in [1.82, 2.24) is 0 Å². The van der Waals surface area contributed by atoms with Gasteiger partial charge < -0.3 is 9.47 Å². The van der Waals surface area contributed by atoms with Gasteiger partial charge in [0.2, 0.25) is 0 Å². The molecule has 2 nitrogen and oxygen atoms in total. The van der Waals surface area contributed by atoms with Crippen molar-refractivity contribution in [3.8, 4) is 0 Å². The Labute approximate surface area is 174 Å². The minimum Gasteiger partial charge on any atom is -0.348 e. The highest BCUT2D eigenvalue weighted by molar-refractivity contribution is 5.32. The zero-order valence-electron chi connectivity index (χ0n) is 17.9. The van der Waals surface area contributed by atoms with Crippen LogP contribution in [0.15, 0.2) is 12.1 Å². The fourth-order valence-corrected chi connectivity index (χ4v) is 5.81. The summed E-state index contributed by atoms with van der Waals surface area (Å²) in [6, 6.07) is 3.74. The molecule has 0 bridgehead atoms. The van der Waals surface area contributed by atoms with Gasteiger partial charge in [-0.2, -0.15) is 0 Å². The van der Waals surface area contributed by atoms with E-state index in [1.165, 1.54) is 25.7 Å². The molecule has 1 aromatic rings. The van der Waals surface area contributed by atoms with Crippen LogP contribution in [0.1, 0.15) is 107 Å². The molecule has 0 unspecified atom stereocenters. The molecule has 4 rings (SSSR count). The van der Waals surface area contributed by atoms with Crippen LogP contribution in [0.25, 0.3) is 0 Å². The molecule has 4 heteroatoms. The molecule has 1 aliphatic heterocycles. The molecule has 1 heterocycles. The van der Waals surface area contributed by atoms with E-state index in [2.05, 4.69) is 6.92 Å². The lowest BCUT2D eigenvalue weighted by Gasteiger charge is -2.36. The van der Waals surface area contributed by atoms with Gasteiger partial charge in [-0.05, 0) is 67.4 Å². The minimum absolute atomic E-state index is 0.0614. The predicted octanol–water partition coefficient (Wildman–Crippen LogP) is 7.22. The molecule has 0 aromatic heterocycles. The summed E-state index contributed by atoms with van der Waals surface area (Å²) in [4.78, 5) is 0. The van der Waals surface area contributed by atoms with Gasteiger partial charge in [-0.1, -0.05) is 44.7 Å². The van der Waals surface area contributed by atoms with Crippen molar-refractivity contribution in [2.24, 2.45) is 5.92 Å². The van der Waals surface area contributed by atoms with Crippen molar-refractivity contribution >= 4 is 0 Å². The van der Waals surface area contributed by atoms with E-state index in [0.29, 0.717) is 24.3 Å². The third-order valence-corrected chi connectivity index (χ3v) is 7.65. The monoisotopic (exact) mass is 406 g/mol. The summed E-state index contributed by atoms with van der Waals surface area (Å²) in [6.45, 7) is 3.52. The molecule has 1 aromatic carbocycles. The Balaban J connectivity index is 1.37. The lowest BCUT2D eigenvalue weighted by atomic mass is 9.76. The first-order valence-electron chi connectivity index (χ1n) is 11.9. The second-order valence-electron chi connectivity index (χ2n) is 9.47. The number of hydrogen-bond donors (Lipinski definition) is 0. The average Bonchev–Trinajstić information content (AvgIpc) is 3.20. The topological polar surface area (TPSA) is 18.5 Å². The Bertz CT molecular complexity index is 666. The maximum atomic E-state index is 15.0. The lowest BCUT2D eigenvalue weighted by Crippen LogP contribution is -2.34. The SMILES string of the molecule is CCCCCC1CCC(c2ccc(C3CCC4(CC3)OCCO4)c(F)c2F)CC1. The maximum Gasteiger partial charge on any atom is 0.168 e. The molecular weight excluding hydrogens is 370 g/mol. The van der Waals surface area contributed by atoms with Crippen molar-refractivity contribution in [3.63, 3.8) is 0 Å². The fourth-order valence-electron chi connectivity index (χ4n) is 5.81. The van der Waals surface area contributed by atoms with E-state index in [9.17, 15) is 0 Å². The molecule has 2 aliphatic carbocycles. The first-order valence-corrected chi connectivity index (χ1v) is 11.9. The highest BCUT2D eigenvalue weighted by Gasteiger charge is 2.41. The molecule has 0 N–H and O–H groups in total. The largest absolute Gasteiger partial charge is 0.348 e.